The van der Waals surface area contributed by atoms with Gasteiger partial charge >= 0.3 is 0 Å². The molecule has 2 aromatic rings. The van der Waals surface area contributed by atoms with E-state index in [1.54, 1.807) is 7.11 Å². The van der Waals surface area contributed by atoms with E-state index in [1.165, 1.54) is 11.3 Å². The number of carbonyl (C=O) groups excluding carboxylic acids is 1. The van der Waals surface area contributed by atoms with Gasteiger partial charge in [0.1, 0.15) is 10.8 Å². The van der Waals surface area contributed by atoms with Gasteiger partial charge in [0, 0.05) is 5.56 Å². The van der Waals surface area contributed by atoms with Crippen LogP contribution in [0.2, 0.25) is 0 Å². The molecule has 1 amide bonds. The van der Waals surface area contributed by atoms with Gasteiger partial charge in [-0.05, 0) is 24.3 Å². The van der Waals surface area contributed by atoms with Gasteiger partial charge in [-0.25, -0.2) is 0 Å². The van der Waals surface area contributed by atoms with Crippen LogP contribution in [0.1, 0.15) is 0 Å². The van der Waals surface area contributed by atoms with Crippen molar-refractivity contribution in [1.82, 2.24) is 10.2 Å². The number of carbonyl (C=O) groups is 1. The summed E-state index contributed by atoms with van der Waals surface area (Å²) >= 11 is 5.19. The smallest absolute Gasteiger partial charge is 0.235 e. The Bertz CT molecular complexity index is 539. The molecule has 0 saturated heterocycles. The second-order valence-corrected chi connectivity index (χ2v) is 4.64. The molecule has 0 aliphatic heterocycles. The first-order chi connectivity index (χ1) is 8.72. The molecule has 2 rings (SSSR count). The molecule has 1 heterocycles. The lowest BCUT2D eigenvalue weighted by atomic mass is 10.2. The van der Waals surface area contributed by atoms with Crippen LogP contribution < -0.4 is 10.1 Å². The Kier molecular flexibility index (Phi) is 4.16. The molecule has 7 heteroatoms. The van der Waals surface area contributed by atoms with Gasteiger partial charge in [0.05, 0.1) is 12.9 Å². The highest BCUT2D eigenvalue weighted by Crippen LogP contribution is 2.27. The maximum Gasteiger partial charge on any atom is 0.235 e. The quantitative estimate of drug-likeness (QED) is 0.842. The molecule has 0 saturated carbocycles. The third kappa shape index (κ3) is 2.99. The van der Waals surface area contributed by atoms with Crippen LogP contribution in [0.4, 0.5) is 5.13 Å². The molecule has 94 valence electrons. The van der Waals surface area contributed by atoms with Gasteiger partial charge in [-0.15, -0.1) is 10.2 Å². The molecule has 0 spiro atoms. The first-order valence-corrected chi connectivity index (χ1v) is 6.56. The number of hydrogen-bond acceptors (Lipinski definition) is 6. The molecule has 0 bridgehead atoms. The summed E-state index contributed by atoms with van der Waals surface area (Å²) in [5, 5.41) is 11.7. The Labute approximate surface area is 114 Å². The first-order valence-electron chi connectivity index (χ1n) is 5.11. The number of hydrogen-bond donors (Lipinski definition) is 2. The van der Waals surface area contributed by atoms with Crippen LogP contribution in [-0.2, 0) is 4.79 Å². The minimum absolute atomic E-state index is 0.122. The summed E-state index contributed by atoms with van der Waals surface area (Å²) in [5.74, 6) is 0.708. The number of nitrogens with zero attached hydrogens (tertiary/aromatic N) is 2. The SMILES string of the molecule is COc1ccc(-c2nnc(NC(=O)CS)s2)cc1. The fraction of sp³-hybridized carbons (Fsp3) is 0.182. The Morgan fingerprint density at radius 1 is 1.39 bits per heavy atom. The van der Waals surface area contributed by atoms with E-state index in [0.717, 1.165) is 16.3 Å². The number of thiol groups is 1. The van der Waals surface area contributed by atoms with E-state index < -0.39 is 0 Å². The number of amides is 1. The van der Waals surface area contributed by atoms with Crippen molar-refractivity contribution < 1.29 is 9.53 Å². The van der Waals surface area contributed by atoms with Gasteiger partial charge in [0.25, 0.3) is 0 Å². The van der Waals surface area contributed by atoms with Crippen molar-refractivity contribution in [2.24, 2.45) is 0 Å². The van der Waals surface area contributed by atoms with Gasteiger partial charge in [0.2, 0.25) is 11.0 Å². The number of anilines is 1. The predicted octanol–water partition coefficient (Wildman–Crippen LogP) is 2.08. The van der Waals surface area contributed by atoms with Crippen molar-refractivity contribution in [3.63, 3.8) is 0 Å². The molecular formula is C11H11N3O2S2. The Morgan fingerprint density at radius 3 is 2.72 bits per heavy atom. The van der Waals surface area contributed by atoms with E-state index in [-0.39, 0.29) is 11.7 Å². The lowest BCUT2D eigenvalue weighted by molar-refractivity contribution is -0.113. The summed E-state index contributed by atoms with van der Waals surface area (Å²) < 4.78 is 5.08. The first kappa shape index (κ1) is 12.8. The minimum atomic E-state index is -0.198. The van der Waals surface area contributed by atoms with Gasteiger partial charge < -0.3 is 4.74 Å². The van der Waals surface area contributed by atoms with Crippen molar-refractivity contribution in [1.29, 1.82) is 0 Å². The number of rotatable bonds is 4. The average Bonchev–Trinajstić information content (AvgIpc) is 2.87. The molecule has 1 N–H and O–H groups in total. The Hall–Kier alpha value is -1.60. The van der Waals surface area contributed by atoms with Crippen molar-refractivity contribution in [2.75, 3.05) is 18.2 Å². The third-order valence-electron chi connectivity index (χ3n) is 2.15. The van der Waals surface area contributed by atoms with Crippen LogP contribution >= 0.6 is 24.0 Å². The minimum Gasteiger partial charge on any atom is -0.497 e. The van der Waals surface area contributed by atoms with Crippen LogP contribution in [0.5, 0.6) is 5.75 Å². The summed E-state index contributed by atoms with van der Waals surface area (Å²) in [5.41, 5.74) is 0.930. The van der Waals surface area contributed by atoms with Gasteiger partial charge in [-0.3, -0.25) is 10.1 Å². The van der Waals surface area contributed by atoms with Crippen LogP contribution in [0.25, 0.3) is 10.6 Å². The normalized spacial score (nSPS) is 10.1. The van der Waals surface area contributed by atoms with E-state index >= 15 is 0 Å². The average molecular weight is 281 g/mol. The van der Waals surface area contributed by atoms with E-state index in [1.807, 2.05) is 24.3 Å². The van der Waals surface area contributed by atoms with Gasteiger partial charge in [0.15, 0.2) is 0 Å². The zero-order valence-corrected chi connectivity index (χ0v) is 11.3. The van der Waals surface area contributed by atoms with Crippen molar-refractivity contribution in [3.05, 3.63) is 24.3 Å². The highest BCUT2D eigenvalue weighted by Gasteiger charge is 2.08. The number of aromatic nitrogens is 2. The number of ether oxygens (including phenoxy) is 1. The van der Waals surface area contributed by atoms with Gasteiger partial charge in [-0.1, -0.05) is 11.3 Å². The van der Waals surface area contributed by atoms with Crippen molar-refractivity contribution >= 4 is 35.0 Å². The Balaban J connectivity index is 2.15. The molecule has 0 atom stereocenters. The molecule has 5 nitrogen and oxygen atoms in total. The summed E-state index contributed by atoms with van der Waals surface area (Å²) in [7, 11) is 1.62. The monoisotopic (exact) mass is 281 g/mol. The molecule has 1 aromatic heterocycles. The summed E-state index contributed by atoms with van der Waals surface area (Å²) in [6.07, 6.45) is 0. The summed E-state index contributed by atoms with van der Waals surface area (Å²) in [4.78, 5) is 11.1. The largest absolute Gasteiger partial charge is 0.497 e. The van der Waals surface area contributed by atoms with E-state index in [9.17, 15) is 4.79 Å². The standard InChI is InChI=1S/C11H11N3O2S2/c1-16-8-4-2-7(3-5-8)10-13-14-11(18-10)12-9(15)6-17/h2-5,17H,6H2,1H3,(H,12,14,15). The highest BCUT2D eigenvalue weighted by atomic mass is 32.1. The zero-order valence-electron chi connectivity index (χ0n) is 9.58. The number of methoxy groups -OCH3 is 1. The number of nitrogens with one attached hydrogen (secondary N) is 1. The van der Waals surface area contributed by atoms with E-state index in [2.05, 4.69) is 28.1 Å². The predicted molar refractivity (Wildman–Crippen MR) is 74.4 cm³/mol. The molecule has 0 aliphatic rings. The molecule has 0 radical (unpaired) electrons. The highest BCUT2D eigenvalue weighted by molar-refractivity contribution is 7.81. The second-order valence-electron chi connectivity index (χ2n) is 3.35. The van der Waals surface area contributed by atoms with E-state index in [0.29, 0.717) is 5.13 Å². The maximum atomic E-state index is 11.1. The molecular weight excluding hydrogens is 270 g/mol. The van der Waals surface area contributed by atoms with Crippen LogP contribution in [-0.4, -0.2) is 29.0 Å². The molecule has 1 aromatic carbocycles. The number of benzene rings is 1. The molecule has 0 aliphatic carbocycles. The third-order valence-corrected chi connectivity index (χ3v) is 3.33. The summed E-state index contributed by atoms with van der Waals surface area (Å²) in [6, 6.07) is 7.48. The van der Waals surface area contributed by atoms with Crippen LogP contribution in [0.3, 0.4) is 0 Å². The molecule has 0 unspecified atom stereocenters. The zero-order chi connectivity index (χ0) is 13.0. The lowest BCUT2D eigenvalue weighted by Crippen LogP contribution is -2.12. The van der Waals surface area contributed by atoms with Crippen LogP contribution in [0, 0.1) is 0 Å². The van der Waals surface area contributed by atoms with Gasteiger partial charge in [-0.2, -0.15) is 12.6 Å². The fourth-order valence-corrected chi connectivity index (χ4v) is 2.13. The topological polar surface area (TPSA) is 64.1 Å². The van der Waals surface area contributed by atoms with Crippen LogP contribution in [0.15, 0.2) is 24.3 Å². The summed E-state index contributed by atoms with van der Waals surface area (Å²) in [6.45, 7) is 0. The fourth-order valence-electron chi connectivity index (χ4n) is 1.28. The lowest BCUT2D eigenvalue weighted by Gasteiger charge is -1.99. The Morgan fingerprint density at radius 2 is 2.11 bits per heavy atom. The molecule has 0 fully saturated rings. The van der Waals surface area contributed by atoms with E-state index in [4.69, 9.17) is 4.74 Å². The van der Waals surface area contributed by atoms with Crippen molar-refractivity contribution in [2.45, 2.75) is 0 Å². The van der Waals surface area contributed by atoms with Crippen molar-refractivity contribution in [3.8, 4) is 16.3 Å². The second kappa shape index (κ2) is 5.83. The maximum absolute atomic E-state index is 11.1. The molecule has 18 heavy (non-hydrogen) atoms.